The molecule has 0 bridgehead atoms. The van der Waals surface area contributed by atoms with E-state index in [-0.39, 0.29) is 12.0 Å². The first-order valence-electron chi connectivity index (χ1n) is 3.44. The third kappa shape index (κ3) is 2.06. The molecule has 0 atom stereocenters. The predicted octanol–water partition coefficient (Wildman–Crippen LogP) is 1.74. The number of halogens is 2. The SMILES string of the molecule is O=Cc1cc(C(F)F)cc([N+](=O)[O-])n1. The summed E-state index contributed by atoms with van der Waals surface area (Å²) in [6.45, 7) is 0. The summed E-state index contributed by atoms with van der Waals surface area (Å²) in [6, 6.07) is 1.45. The van der Waals surface area contributed by atoms with E-state index in [1.807, 2.05) is 0 Å². The first kappa shape index (κ1) is 10.2. The quantitative estimate of drug-likeness (QED) is 0.425. The van der Waals surface area contributed by atoms with E-state index in [9.17, 15) is 23.7 Å². The highest BCUT2D eigenvalue weighted by molar-refractivity contribution is 5.72. The van der Waals surface area contributed by atoms with Gasteiger partial charge in [-0.3, -0.25) is 4.79 Å². The van der Waals surface area contributed by atoms with Gasteiger partial charge in [0.2, 0.25) is 5.69 Å². The Kier molecular flexibility index (Phi) is 2.80. The lowest BCUT2D eigenvalue weighted by Gasteiger charge is -1.98. The number of hydrogen-bond donors (Lipinski definition) is 0. The molecule has 0 aromatic carbocycles. The zero-order valence-corrected chi connectivity index (χ0v) is 6.68. The van der Waals surface area contributed by atoms with E-state index >= 15 is 0 Å². The van der Waals surface area contributed by atoms with Crippen molar-refractivity contribution in [1.82, 2.24) is 4.98 Å². The summed E-state index contributed by atoms with van der Waals surface area (Å²) in [4.78, 5) is 22.8. The van der Waals surface area contributed by atoms with E-state index in [0.717, 1.165) is 6.07 Å². The summed E-state index contributed by atoms with van der Waals surface area (Å²) < 4.78 is 24.3. The fraction of sp³-hybridized carbons (Fsp3) is 0.143. The molecule has 0 saturated heterocycles. The van der Waals surface area contributed by atoms with E-state index in [4.69, 9.17) is 0 Å². The van der Waals surface area contributed by atoms with Crippen molar-refractivity contribution in [2.75, 3.05) is 0 Å². The van der Waals surface area contributed by atoms with Crippen LogP contribution in [0.4, 0.5) is 14.6 Å². The third-order valence-corrected chi connectivity index (χ3v) is 1.41. The zero-order valence-electron chi connectivity index (χ0n) is 6.68. The molecule has 1 rings (SSSR count). The van der Waals surface area contributed by atoms with Gasteiger partial charge in [0.25, 0.3) is 6.43 Å². The molecule has 0 fully saturated rings. The molecular weight excluding hydrogens is 198 g/mol. The molecule has 0 aliphatic carbocycles. The van der Waals surface area contributed by atoms with Crippen LogP contribution in [0.15, 0.2) is 12.1 Å². The molecule has 0 saturated carbocycles. The first-order chi connectivity index (χ1) is 6.54. The molecule has 5 nitrogen and oxygen atoms in total. The average Bonchev–Trinajstić information content (AvgIpc) is 2.16. The molecule has 7 heteroatoms. The maximum Gasteiger partial charge on any atom is 0.364 e. The average molecular weight is 202 g/mol. The van der Waals surface area contributed by atoms with Crippen LogP contribution >= 0.6 is 0 Å². The second-order valence-electron chi connectivity index (χ2n) is 2.36. The van der Waals surface area contributed by atoms with E-state index in [0.29, 0.717) is 6.07 Å². The number of alkyl halides is 2. The second-order valence-corrected chi connectivity index (χ2v) is 2.36. The summed E-state index contributed by atoms with van der Waals surface area (Å²) in [5, 5.41) is 10.2. The van der Waals surface area contributed by atoms with Crippen molar-refractivity contribution in [1.29, 1.82) is 0 Å². The molecule has 1 heterocycles. The number of rotatable bonds is 3. The van der Waals surface area contributed by atoms with Gasteiger partial charge in [-0.05, 0) is 9.91 Å². The minimum atomic E-state index is -2.87. The minimum absolute atomic E-state index is 0.179. The zero-order chi connectivity index (χ0) is 10.7. The van der Waals surface area contributed by atoms with Crippen molar-refractivity contribution in [3.63, 3.8) is 0 Å². The molecule has 0 aliphatic heterocycles. The largest absolute Gasteiger partial charge is 0.364 e. The van der Waals surface area contributed by atoms with E-state index < -0.39 is 22.7 Å². The van der Waals surface area contributed by atoms with Crippen LogP contribution in [-0.4, -0.2) is 16.2 Å². The van der Waals surface area contributed by atoms with Gasteiger partial charge >= 0.3 is 5.82 Å². The van der Waals surface area contributed by atoms with Crippen LogP contribution in [-0.2, 0) is 0 Å². The summed E-state index contributed by atoms with van der Waals surface area (Å²) in [6.07, 6.45) is -2.69. The number of aldehydes is 1. The first-order valence-corrected chi connectivity index (χ1v) is 3.44. The molecule has 0 aliphatic rings. The van der Waals surface area contributed by atoms with Crippen LogP contribution in [0, 0.1) is 10.1 Å². The van der Waals surface area contributed by atoms with Gasteiger partial charge in [0.05, 0.1) is 0 Å². The fourth-order valence-corrected chi connectivity index (χ4v) is 0.838. The molecule has 1 aromatic rings. The van der Waals surface area contributed by atoms with Crippen molar-refractivity contribution in [2.24, 2.45) is 0 Å². The van der Waals surface area contributed by atoms with Gasteiger partial charge in [0, 0.05) is 17.7 Å². The normalized spacial score (nSPS) is 10.2. The molecular formula is C7H4F2N2O3. The monoisotopic (exact) mass is 202 g/mol. The Labute approximate surface area is 76.5 Å². The van der Waals surface area contributed by atoms with E-state index in [1.54, 1.807) is 0 Å². The molecule has 0 amide bonds. The van der Waals surface area contributed by atoms with Crippen molar-refractivity contribution >= 4 is 12.1 Å². The Morgan fingerprint density at radius 1 is 1.50 bits per heavy atom. The van der Waals surface area contributed by atoms with Gasteiger partial charge in [-0.25, -0.2) is 8.78 Å². The van der Waals surface area contributed by atoms with Crippen LogP contribution in [0.2, 0.25) is 0 Å². The highest BCUT2D eigenvalue weighted by Gasteiger charge is 2.17. The van der Waals surface area contributed by atoms with E-state index in [2.05, 4.69) is 4.98 Å². The van der Waals surface area contributed by atoms with Crippen molar-refractivity contribution in [2.45, 2.75) is 6.43 Å². The molecule has 0 radical (unpaired) electrons. The molecule has 0 N–H and O–H groups in total. The molecule has 0 spiro atoms. The Morgan fingerprint density at radius 2 is 2.14 bits per heavy atom. The fourth-order valence-electron chi connectivity index (χ4n) is 0.838. The maximum absolute atomic E-state index is 12.2. The molecule has 1 aromatic heterocycles. The topological polar surface area (TPSA) is 73.1 Å². The number of nitro groups is 1. The van der Waals surface area contributed by atoms with Gasteiger partial charge < -0.3 is 10.1 Å². The summed E-state index contributed by atoms with van der Waals surface area (Å²) in [5.41, 5.74) is -0.969. The van der Waals surface area contributed by atoms with Crippen molar-refractivity contribution in [3.8, 4) is 0 Å². The third-order valence-electron chi connectivity index (χ3n) is 1.41. The van der Waals surface area contributed by atoms with Crippen molar-refractivity contribution < 1.29 is 18.5 Å². The predicted molar refractivity (Wildman–Crippen MR) is 41.2 cm³/mol. The number of carbonyl (C=O) groups is 1. The lowest BCUT2D eigenvalue weighted by Crippen LogP contribution is -1.98. The van der Waals surface area contributed by atoms with Gasteiger partial charge in [0.1, 0.15) is 0 Å². The van der Waals surface area contributed by atoms with Crippen molar-refractivity contribution in [3.05, 3.63) is 33.5 Å². The highest BCUT2D eigenvalue weighted by atomic mass is 19.3. The van der Waals surface area contributed by atoms with Crippen LogP contribution in [0.1, 0.15) is 22.5 Å². The molecule has 14 heavy (non-hydrogen) atoms. The number of carbonyl (C=O) groups excluding carboxylic acids is 1. The Morgan fingerprint density at radius 3 is 2.57 bits per heavy atom. The lowest BCUT2D eigenvalue weighted by atomic mass is 10.2. The maximum atomic E-state index is 12.2. The summed E-state index contributed by atoms with van der Waals surface area (Å²) >= 11 is 0. The summed E-state index contributed by atoms with van der Waals surface area (Å²) in [5.74, 6) is -0.759. The molecule has 74 valence electrons. The number of pyridine rings is 1. The number of hydrogen-bond acceptors (Lipinski definition) is 4. The van der Waals surface area contributed by atoms with Gasteiger partial charge in [-0.2, -0.15) is 0 Å². The molecule has 0 unspecified atom stereocenters. The summed E-state index contributed by atoms with van der Waals surface area (Å²) in [7, 11) is 0. The highest BCUT2D eigenvalue weighted by Crippen LogP contribution is 2.22. The number of aromatic nitrogens is 1. The standard InChI is InChI=1S/C7H4F2N2O3/c8-7(9)4-1-5(3-12)10-6(2-4)11(13)14/h1-3,7H. The number of nitrogens with zero attached hydrogens (tertiary/aromatic N) is 2. The van der Waals surface area contributed by atoms with Crippen LogP contribution in [0.3, 0.4) is 0 Å². The van der Waals surface area contributed by atoms with Crippen LogP contribution in [0.5, 0.6) is 0 Å². The lowest BCUT2D eigenvalue weighted by molar-refractivity contribution is -0.389. The Bertz CT molecular complexity index is 381. The van der Waals surface area contributed by atoms with Gasteiger partial charge in [0.15, 0.2) is 6.29 Å². The van der Waals surface area contributed by atoms with Crippen LogP contribution < -0.4 is 0 Å². The second kappa shape index (κ2) is 3.86. The van der Waals surface area contributed by atoms with E-state index in [1.165, 1.54) is 0 Å². The van der Waals surface area contributed by atoms with Crippen LogP contribution in [0.25, 0.3) is 0 Å². The van der Waals surface area contributed by atoms with Gasteiger partial charge in [-0.1, -0.05) is 0 Å². The van der Waals surface area contributed by atoms with Gasteiger partial charge in [-0.15, -0.1) is 0 Å². The Hall–Kier alpha value is -1.92. The minimum Gasteiger partial charge on any atom is -0.358 e. The smallest absolute Gasteiger partial charge is 0.358 e. The Balaban J connectivity index is 3.27.